The molecule has 0 unspecified atom stereocenters. The van der Waals surface area contributed by atoms with Crippen LogP contribution in [0.1, 0.15) is 12.0 Å². The van der Waals surface area contributed by atoms with E-state index < -0.39 is 0 Å². The monoisotopic (exact) mass is 263 g/mol. The van der Waals surface area contributed by atoms with Crippen LogP contribution < -0.4 is 10.6 Å². The Kier molecular flexibility index (Phi) is 4.04. The van der Waals surface area contributed by atoms with Gasteiger partial charge in [0.2, 0.25) is 0 Å². The Bertz CT molecular complexity index is 536. The highest BCUT2D eigenvalue weighted by atomic mass is 35.5. The number of nitrogens with one attached hydrogen (secondary N) is 2. The number of aryl methyl sites for hydroxylation is 1. The molecule has 0 saturated carbocycles. The minimum Gasteiger partial charge on any atom is -0.380 e. The molecule has 3 nitrogen and oxygen atoms in total. The fourth-order valence-corrected chi connectivity index (χ4v) is 2.43. The Morgan fingerprint density at radius 1 is 1.33 bits per heavy atom. The van der Waals surface area contributed by atoms with Gasteiger partial charge < -0.3 is 10.6 Å². The van der Waals surface area contributed by atoms with E-state index in [-0.39, 0.29) is 12.4 Å². The van der Waals surface area contributed by atoms with Crippen LogP contribution in [0.3, 0.4) is 0 Å². The van der Waals surface area contributed by atoms with Gasteiger partial charge in [0.1, 0.15) is 0 Å². The van der Waals surface area contributed by atoms with Crippen molar-refractivity contribution in [3.63, 3.8) is 0 Å². The number of rotatable bonds is 2. The van der Waals surface area contributed by atoms with Crippen molar-refractivity contribution in [2.24, 2.45) is 0 Å². The number of fused-ring (bicyclic) bond motifs is 1. The summed E-state index contributed by atoms with van der Waals surface area (Å²) in [6.45, 7) is 4.31. The number of pyridine rings is 1. The normalized spacial score (nSPS) is 18.6. The van der Waals surface area contributed by atoms with E-state index in [1.165, 1.54) is 23.1 Å². The number of hydrogen-bond donors (Lipinski definition) is 2. The van der Waals surface area contributed by atoms with E-state index in [0.717, 1.165) is 18.6 Å². The lowest BCUT2D eigenvalue weighted by atomic mass is 10.1. The lowest BCUT2D eigenvalue weighted by Crippen LogP contribution is -2.22. The molecule has 1 aromatic carbocycles. The summed E-state index contributed by atoms with van der Waals surface area (Å²) < 4.78 is 0. The van der Waals surface area contributed by atoms with Crippen LogP contribution in [0.15, 0.2) is 30.5 Å². The first-order chi connectivity index (χ1) is 8.34. The Labute approximate surface area is 113 Å². The number of halogens is 1. The third kappa shape index (κ3) is 2.42. The Balaban J connectivity index is 0.00000120. The molecule has 96 valence electrons. The van der Waals surface area contributed by atoms with Crippen molar-refractivity contribution in [2.45, 2.75) is 19.4 Å². The molecule has 0 bridgehead atoms. The number of benzene rings is 1. The summed E-state index contributed by atoms with van der Waals surface area (Å²) in [5, 5.41) is 8.25. The molecule has 18 heavy (non-hydrogen) atoms. The first-order valence-electron chi connectivity index (χ1n) is 6.16. The van der Waals surface area contributed by atoms with Crippen molar-refractivity contribution >= 4 is 29.0 Å². The maximum Gasteiger partial charge on any atom is 0.0722 e. The standard InChI is InChI=1S/C14H17N3.ClH/c1-10-4-5-13-12(3-2-7-16-13)14(10)17-11-6-8-15-9-11;/h2-5,7,11,15,17H,6,8-9H2,1H3;1H/t11-;/m0./s1. The zero-order chi connectivity index (χ0) is 11.7. The van der Waals surface area contributed by atoms with Crippen molar-refractivity contribution in [3.8, 4) is 0 Å². The van der Waals surface area contributed by atoms with Crippen molar-refractivity contribution in [2.75, 3.05) is 18.4 Å². The highest BCUT2D eigenvalue weighted by Crippen LogP contribution is 2.27. The van der Waals surface area contributed by atoms with E-state index in [9.17, 15) is 0 Å². The van der Waals surface area contributed by atoms with Gasteiger partial charge in [-0.1, -0.05) is 6.07 Å². The molecule has 1 aliphatic rings. The second-order valence-electron chi connectivity index (χ2n) is 4.66. The molecule has 1 aromatic heterocycles. The van der Waals surface area contributed by atoms with Crippen molar-refractivity contribution in [1.82, 2.24) is 10.3 Å². The van der Waals surface area contributed by atoms with Crippen molar-refractivity contribution < 1.29 is 0 Å². The van der Waals surface area contributed by atoms with Gasteiger partial charge in [-0.3, -0.25) is 4.98 Å². The average molecular weight is 264 g/mol. The largest absolute Gasteiger partial charge is 0.380 e. The maximum atomic E-state index is 4.40. The van der Waals surface area contributed by atoms with Gasteiger partial charge in [-0.2, -0.15) is 0 Å². The van der Waals surface area contributed by atoms with Crippen LogP contribution in [-0.4, -0.2) is 24.1 Å². The van der Waals surface area contributed by atoms with Crippen LogP contribution in [0.25, 0.3) is 10.9 Å². The Morgan fingerprint density at radius 3 is 3.00 bits per heavy atom. The SMILES string of the molecule is Cc1ccc2ncccc2c1N[C@H]1CCNC1.Cl. The summed E-state index contributed by atoms with van der Waals surface area (Å²) in [5.41, 5.74) is 3.59. The van der Waals surface area contributed by atoms with Gasteiger partial charge >= 0.3 is 0 Å². The summed E-state index contributed by atoms with van der Waals surface area (Å²) in [5.74, 6) is 0. The van der Waals surface area contributed by atoms with E-state index in [4.69, 9.17) is 0 Å². The van der Waals surface area contributed by atoms with Gasteiger partial charge in [0.25, 0.3) is 0 Å². The smallest absolute Gasteiger partial charge is 0.0722 e. The van der Waals surface area contributed by atoms with Crippen LogP contribution >= 0.6 is 12.4 Å². The third-order valence-corrected chi connectivity index (χ3v) is 3.40. The zero-order valence-corrected chi connectivity index (χ0v) is 11.3. The first kappa shape index (κ1) is 13.1. The van der Waals surface area contributed by atoms with Crippen LogP contribution in [0.4, 0.5) is 5.69 Å². The van der Waals surface area contributed by atoms with Crippen LogP contribution in [0, 0.1) is 6.92 Å². The highest BCUT2D eigenvalue weighted by molar-refractivity contribution is 5.93. The lowest BCUT2D eigenvalue weighted by molar-refractivity contribution is 0.793. The number of hydrogen-bond acceptors (Lipinski definition) is 3. The molecule has 0 amide bonds. The summed E-state index contributed by atoms with van der Waals surface area (Å²) in [6.07, 6.45) is 3.04. The van der Waals surface area contributed by atoms with Gasteiger partial charge in [0, 0.05) is 29.9 Å². The van der Waals surface area contributed by atoms with E-state index >= 15 is 0 Å². The van der Waals surface area contributed by atoms with Crippen LogP contribution in [0.5, 0.6) is 0 Å². The molecule has 0 aliphatic carbocycles. The molecule has 0 radical (unpaired) electrons. The molecular weight excluding hydrogens is 246 g/mol. The molecule has 2 heterocycles. The minimum atomic E-state index is 0. The predicted octanol–water partition coefficient (Wildman–Crippen LogP) is 2.74. The second-order valence-corrected chi connectivity index (χ2v) is 4.66. The van der Waals surface area contributed by atoms with E-state index in [0.29, 0.717) is 6.04 Å². The van der Waals surface area contributed by atoms with Gasteiger partial charge in [0.05, 0.1) is 5.52 Å². The number of aromatic nitrogens is 1. The van der Waals surface area contributed by atoms with E-state index in [2.05, 4.69) is 40.7 Å². The summed E-state index contributed by atoms with van der Waals surface area (Å²) in [6, 6.07) is 8.90. The topological polar surface area (TPSA) is 37.0 Å². The molecule has 1 aliphatic heterocycles. The molecule has 1 atom stereocenters. The summed E-state index contributed by atoms with van der Waals surface area (Å²) in [4.78, 5) is 4.40. The first-order valence-corrected chi connectivity index (χ1v) is 6.16. The molecule has 4 heteroatoms. The second kappa shape index (κ2) is 5.55. The Hall–Kier alpha value is -1.32. The molecule has 2 aromatic rings. The predicted molar refractivity (Wildman–Crippen MR) is 78.6 cm³/mol. The Morgan fingerprint density at radius 2 is 2.22 bits per heavy atom. The number of nitrogens with zero attached hydrogens (tertiary/aromatic N) is 1. The molecule has 2 N–H and O–H groups in total. The highest BCUT2D eigenvalue weighted by Gasteiger charge is 2.16. The molecule has 1 saturated heterocycles. The lowest BCUT2D eigenvalue weighted by Gasteiger charge is -2.17. The quantitative estimate of drug-likeness (QED) is 0.875. The maximum absolute atomic E-state index is 4.40. The molecular formula is C14H18ClN3. The van der Waals surface area contributed by atoms with Crippen LogP contribution in [-0.2, 0) is 0 Å². The summed E-state index contributed by atoms with van der Waals surface area (Å²) >= 11 is 0. The van der Waals surface area contributed by atoms with Crippen LogP contribution in [0.2, 0.25) is 0 Å². The minimum absolute atomic E-state index is 0. The van der Waals surface area contributed by atoms with Gasteiger partial charge in [-0.25, -0.2) is 0 Å². The van der Waals surface area contributed by atoms with Gasteiger partial charge in [0.15, 0.2) is 0 Å². The fourth-order valence-electron chi connectivity index (χ4n) is 2.43. The molecule has 1 fully saturated rings. The van der Waals surface area contributed by atoms with Gasteiger partial charge in [-0.05, 0) is 43.7 Å². The molecule has 3 rings (SSSR count). The van der Waals surface area contributed by atoms with E-state index in [1.54, 1.807) is 0 Å². The average Bonchev–Trinajstić information content (AvgIpc) is 2.86. The van der Waals surface area contributed by atoms with Crippen molar-refractivity contribution in [1.29, 1.82) is 0 Å². The zero-order valence-electron chi connectivity index (χ0n) is 10.4. The van der Waals surface area contributed by atoms with Gasteiger partial charge in [-0.15, -0.1) is 12.4 Å². The fraction of sp³-hybridized carbons (Fsp3) is 0.357. The summed E-state index contributed by atoms with van der Waals surface area (Å²) in [7, 11) is 0. The number of anilines is 1. The van der Waals surface area contributed by atoms with Crippen molar-refractivity contribution in [3.05, 3.63) is 36.0 Å². The third-order valence-electron chi connectivity index (χ3n) is 3.40. The van der Waals surface area contributed by atoms with E-state index in [1.807, 2.05) is 12.3 Å². The molecule has 0 spiro atoms.